The molecule has 1 fully saturated rings. The summed E-state index contributed by atoms with van der Waals surface area (Å²) in [6.07, 6.45) is 0.151. The van der Waals surface area contributed by atoms with E-state index in [2.05, 4.69) is 10.2 Å². The number of carbonyl (C=O) groups is 2. The first-order chi connectivity index (χ1) is 9.02. The number of piperazine rings is 1. The zero-order valence-corrected chi connectivity index (χ0v) is 11.6. The van der Waals surface area contributed by atoms with E-state index in [0.717, 1.165) is 13.1 Å². The molecule has 1 saturated heterocycles. The number of rotatable bonds is 6. The molecular formula is C12H23N3O4. The van der Waals surface area contributed by atoms with Crippen molar-refractivity contribution in [3.8, 4) is 0 Å². The smallest absolute Gasteiger partial charge is 0.317 e. The van der Waals surface area contributed by atoms with Crippen molar-refractivity contribution in [1.82, 2.24) is 15.1 Å². The summed E-state index contributed by atoms with van der Waals surface area (Å²) in [6.45, 7) is 5.64. The predicted octanol–water partition coefficient (Wildman–Crippen LogP) is -0.177. The molecule has 0 radical (unpaired) electrons. The first kappa shape index (κ1) is 15.7. The van der Waals surface area contributed by atoms with Gasteiger partial charge in [-0.15, -0.1) is 0 Å². The van der Waals surface area contributed by atoms with Crippen molar-refractivity contribution >= 4 is 12.0 Å². The minimum Gasteiger partial charge on any atom is -0.481 e. The average molecular weight is 273 g/mol. The molecule has 7 nitrogen and oxygen atoms in total. The van der Waals surface area contributed by atoms with Gasteiger partial charge in [-0.25, -0.2) is 4.79 Å². The van der Waals surface area contributed by atoms with Crippen molar-refractivity contribution in [2.24, 2.45) is 0 Å². The van der Waals surface area contributed by atoms with Gasteiger partial charge in [0.2, 0.25) is 0 Å². The third-order valence-corrected chi connectivity index (χ3v) is 3.24. The van der Waals surface area contributed by atoms with Crippen LogP contribution >= 0.6 is 0 Å². The normalized spacial score (nSPS) is 18.1. The number of carboxylic acids is 1. The van der Waals surface area contributed by atoms with Gasteiger partial charge in [0.05, 0.1) is 12.5 Å². The summed E-state index contributed by atoms with van der Waals surface area (Å²) in [5.41, 5.74) is 0. The first-order valence-corrected chi connectivity index (χ1v) is 6.52. The molecule has 0 saturated carbocycles. The monoisotopic (exact) mass is 273 g/mol. The van der Waals surface area contributed by atoms with Crippen molar-refractivity contribution in [3.05, 3.63) is 0 Å². The molecule has 0 aromatic heterocycles. The van der Waals surface area contributed by atoms with Crippen molar-refractivity contribution in [1.29, 1.82) is 0 Å². The molecule has 0 aromatic rings. The largest absolute Gasteiger partial charge is 0.481 e. The van der Waals surface area contributed by atoms with Gasteiger partial charge >= 0.3 is 12.0 Å². The van der Waals surface area contributed by atoms with E-state index in [1.54, 1.807) is 12.0 Å². The number of methoxy groups -OCH3 is 1. The highest BCUT2D eigenvalue weighted by Gasteiger charge is 2.21. The standard InChI is InChI=1S/C12H23N3O4/c1-10(19-2)9-13-12(18)15-7-5-14(6-8-15)4-3-11(16)17/h10H,3-9H2,1-2H3,(H,13,18)(H,16,17). The maximum atomic E-state index is 11.8. The number of urea groups is 1. The molecule has 19 heavy (non-hydrogen) atoms. The van der Waals surface area contributed by atoms with Crippen LogP contribution in [0, 0.1) is 0 Å². The Morgan fingerprint density at radius 2 is 1.95 bits per heavy atom. The molecule has 0 aromatic carbocycles. The SMILES string of the molecule is COC(C)CNC(=O)N1CCN(CCC(=O)O)CC1. The molecule has 2 N–H and O–H groups in total. The van der Waals surface area contributed by atoms with Crippen LogP contribution in [-0.4, -0.2) is 79.4 Å². The van der Waals surface area contributed by atoms with Gasteiger partial charge in [0.1, 0.15) is 0 Å². The number of amides is 2. The van der Waals surface area contributed by atoms with Gasteiger partial charge < -0.3 is 20.1 Å². The summed E-state index contributed by atoms with van der Waals surface area (Å²) in [5, 5.41) is 11.4. The Morgan fingerprint density at radius 1 is 1.32 bits per heavy atom. The van der Waals surface area contributed by atoms with Crippen LogP contribution in [0.1, 0.15) is 13.3 Å². The topological polar surface area (TPSA) is 82.1 Å². The predicted molar refractivity (Wildman–Crippen MR) is 70.1 cm³/mol. The number of ether oxygens (including phenoxy) is 1. The van der Waals surface area contributed by atoms with Crippen LogP contribution in [0.25, 0.3) is 0 Å². The maximum absolute atomic E-state index is 11.8. The molecule has 1 aliphatic rings. The lowest BCUT2D eigenvalue weighted by atomic mass is 10.3. The molecule has 110 valence electrons. The first-order valence-electron chi connectivity index (χ1n) is 6.52. The van der Waals surface area contributed by atoms with Crippen LogP contribution in [0.2, 0.25) is 0 Å². The Kier molecular flexibility index (Phi) is 6.58. The van der Waals surface area contributed by atoms with Crippen molar-refractivity contribution in [3.63, 3.8) is 0 Å². The number of aliphatic carboxylic acids is 1. The number of hydrogen-bond donors (Lipinski definition) is 2. The highest BCUT2D eigenvalue weighted by Crippen LogP contribution is 2.03. The van der Waals surface area contributed by atoms with Gasteiger partial charge in [0.25, 0.3) is 0 Å². The summed E-state index contributed by atoms with van der Waals surface area (Å²) < 4.78 is 5.06. The maximum Gasteiger partial charge on any atom is 0.317 e. The van der Waals surface area contributed by atoms with E-state index in [-0.39, 0.29) is 18.6 Å². The molecule has 1 rings (SSSR count). The number of nitrogens with zero attached hydrogens (tertiary/aromatic N) is 2. The molecule has 1 unspecified atom stereocenters. The summed E-state index contributed by atoms with van der Waals surface area (Å²) in [5.74, 6) is -0.784. The quantitative estimate of drug-likeness (QED) is 0.702. The van der Waals surface area contributed by atoms with Crippen LogP contribution in [-0.2, 0) is 9.53 Å². The van der Waals surface area contributed by atoms with Crippen LogP contribution in [0.15, 0.2) is 0 Å². The fraction of sp³-hybridized carbons (Fsp3) is 0.833. The summed E-state index contributed by atoms with van der Waals surface area (Å²) >= 11 is 0. The fourth-order valence-corrected chi connectivity index (χ4v) is 1.85. The molecule has 7 heteroatoms. The minimum absolute atomic E-state index is 0.000746. The highest BCUT2D eigenvalue weighted by atomic mass is 16.5. The molecular weight excluding hydrogens is 250 g/mol. The lowest BCUT2D eigenvalue weighted by Gasteiger charge is -2.34. The van der Waals surface area contributed by atoms with E-state index < -0.39 is 5.97 Å². The van der Waals surface area contributed by atoms with E-state index in [0.29, 0.717) is 26.2 Å². The van der Waals surface area contributed by atoms with Crippen molar-refractivity contribution < 1.29 is 19.4 Å². The average Bonchev–Trinajstić information content (AvgIpc) is 2.42. The van der Waals surface area contributed by atoms with Gasteiger partial charge in [-0.2, -0.15) is 0 Å². The Morgan fingerprint density at radius 3 is 2.47 bits per heavy atom. The van der Waals surface area contributed by atoms with Crippen LogP contribution in [0.3, 0.4) is 0 Å². The number of nitrogens with one attached hydrogen (secondary N) is 1. The van der Waals surface area contributed by atoms with E-state index >= 15 is 0 Å². The molecule has 0 aliphatic carbocycles. The second-order valence-electron chi connectivity index (χ2n) is 4.70. The Balaban J connectivity index is 2.21. The molecule has 2 amide bonds. The second kappa shape index (κ2) is 7.96. The van der Waals surface area contributed by atoms with Crippen molar-refractivity contribution in [2.75, 3.05) is 46.4 Å². The van der Waals surface area contributed by atoms with E-state index in [1.807, 2.05) is 6.92 Å². The third kappa shape index (κ3) is 5.89. The third-order valence-electron chi connectivity index (χ3n) is 3.24. The van der Waals surface area contributed by atoms with Crippen molar-refractivity contribution in [2.45, 2.75) is 19.4 Å². The van der Waals surface area contributed by atoms with Crippen LogP contribution in [0.4, 0.5) is 4.79 Å². The van der Waals surface area contributed by atoms with Gasteiger partial charge in [-0.1, -0.05) is 0 Å². The summed E-state index contributed by atoms with van der Waals surface area (Å²) in [4.78, 5) is 26.1. The molecule has 1 heterocycles. The van der Waals surface area contributed by atoms with Gasteiger partial charge in [-0.05, 0) is 6.92 Å². The lowest BCUT2D eigenvalue weighted by Crippen LogP contribution is -2.52. The van der Waals surface area contributed by atoms with E-state index in [9.17, 15) is 9.59 Å². The molecule has 1 atom stereocenters. The van der Waals surface area contributed by atoms with Gasteiger partial charge in [0, 0.05) is 46.4 Å². The summed E-state index contributed by atoms with van der Waals surface area (Å²) in [6, 6.07) is -0.0817. The molecule has 0 bridgehead atoms. The fourth-order valence-electron chi connectivity index (χ4n) is 1.85. The zero-order chi connectivity index (χ0) is 14.3. The number of hydrogen-bond acceptors (Lipinski definition) is 4. The number of carboxylic acid groups (broad SMARTS) is 1. The second-order valence-corrected chi connectivity index (χ2v) is 4.70. The van der Waals surface area contributed by atoms with Crippen LogP contribution in [0.5, 0.6) is 0 Å². The van der Waals surface area contributed by atoms with Gasteiger partial charge in [-0.3, -0.25) is 9.69 Å². The van der Waals surface area contributed by atoms with E-state index in [4.69, 9.17) is 9.84 Å². The lowest BCUT2D eigenvalue weighted by molar-refractivity contribution is -0.137. The molecule has 1 aliphatic heterocycles. The Labute approximate surface area is 113 Å². The Hall–Kier alpha value is -1.34. The highest BCUT2D eigenvalue weighted by molar-refractivity contribution is 5.74. The zero-order valence-electron chi connectivity index (χ0n) is 11.6. The Bertz CT molecular complexity index is 303. The minimum atomic E-state index is -0.784. The molecule has 0 spiro atoms. The summed E-state index contributed by atoms with van der Waals surface area (Å²) in [7, 11) is 1.61. The number of carbonyl (C=O) groups excluding carboxylic acids is 1. The van der Waals surface area contributed by atoms with E-state index in [1.165, 1.54) is 0 Å². The van der Waals surface area contributed by atoms with Crippen LogP contribution < -0.4 is 5.32 Å². The van der Waals surface area contributed by atoms with Gasteiger partial charge in [0.15, 0.2) is 0 Å².